The second-order valence-corrected chi connectivity index (χ2v) is 5.05. The molecule has 1 saturated heterocycles. The van der Waals surface area contributed by atoms with Gasteiger partial charge in [-0.25, -0.2) is 0 Å². The Bertz CT molecular complexity index is 399. The highest BCUT2D eigenvalue weighted by Crippen LogP contribution is 2.19. The van der Waals surface area contributed by atoms with E-state index in [0.717, 1.165) is 25.1 Å². The number of carbonyl (C=O) groups is 1. The minimum atomic E-state index is 0.122. The van der Waals surface area contributed by atoms with Crippen molar-refractivity contribution in [3.63, 3.8) is 0 Å². The summed E-state index contributed by atoms with van der Waals surface area (Å²) >= 11 is 11.8. The molecule has 0 saturated carbocycles. The van der Waals surface area contributed by atoms with Crippen molar-refractivity contribution in [2.45, 2.75) is 6.42 Å². The first-order chi connectivity index (χ1) is 8.15. The van der Waals surface area contributed by atoms with Crippen LogP contribution in [0.1, 0.15) is 5.56 Å². The molecule has 1 aromatic rings. The Labute approximate surface area is 110 Å². The van der Waals surface area contributed by atoms with Crippen molar-refractivity contribution in [3.05, 3.63) is 33.8 Å². The van der Waals surface area contributed by atoms with Crippen LogP contribution >= 0.6 is 23.2 Å². The largest absolute Gasteiger partial charge is 0.355 e. The van der Waals surface area contributed by atoms with E-state index in [1.807, 2.05) is 12.1 Å². The third-order valence-corrected chi connectivity index (χ3v) is 3.22. The fraction of sp³-hybridized carbons (Fsp3) is 0.417. The highest BCUT2D eigenvalue weighted by molar-refractivity contribution is 6.34. The molecule has 0 aliphatic carbocycles. The lowest BCUT2D eigenvalue weighted by atomic mass is 10.0. The van der Waals surface area contributed by atoms with Crippen molar-refractivity contribution in [1.82, 2.24) is 10.6 Å². The SMILES string of the molecule is O=C(NCCc1cc(Cl)cc(Cl)c1)C1CNC1. The summed E-state index contributed by atoms with van der Waals surface area (Å²) in [6.07, 6.45) is 0.742. The number of rotatable bonds is 4. The zero-order valence-corrected chi connectivity index (χ0v) is 10.8. The second-order valence-electron chi connectivity index (χ2n) is 4.17. The van der Waals surface area contributed by atoms with Crippen molar-refractivity contribution >= 4 is 29.1 Å². The van der Waals surface area contributed by atoms with Crippen molar-refractivity contribution < 1.29 is 4.79 Å². The molecular weight excluding hydrogens is 259 g/mol. The molecule has 2 N–H and O–H groups in total. The van der Waals surface area contributed by atoms with E-state index in [-0.39, 0.29) is 11.8 Å². The molecule has 1 amide bonds. The lowest BCUT2D eigenvalue weighted by molar-refractivity contribution is -0.126. The van der Waals surface area contributed by atoms with Crippen molar-refractivity contribution in [1.29, 1.82) is 0 Å². The molecule has 0 spiro atoms. The van der Waals surface area contributed by atoms with Crippen LogP contribution in [0.2, 0.25) is 10.0 Å². The van der Waals surface area contributed by atoms with Crippen LogP contribution in [-0.2, 0) is 11.2 Å². The minimum absolute atomic E-state index is 0.122. The van der Waals surface area contributed by atoms with Gasteiger partial charge in [0.2, 0.25) is 5.91 Å². The molecule has 3 nitrogen and oxygen atoms in total. The summed E-state index contributed by atoms with van der Waals surface area (Å²) in [7, 11) is 0. The first-order valence-electron chi connectivity index (χ1n) is 5.58. The second kappa shape index (κ2) is 5.71. The van der Waals surface area contributed by atoms with Crippen molar-refractivity contribution in [3.8, 4) is 0 Å². The van der Waals surface area contributed by atoms with Gasteiger partial charge in [0.1, 0.15) is 0 Å². The molecule has 92 valence electrons. The van der Waals surface area contributed by atoms with Crippen LogP contribution in [0.5, 0.6) is 0 Å². The van der Waals surface area contributed by atoms with Crippen LogP contribution < -0.4 is 10.6 Å². The minimum Gasteiger partial charge on any atom is -0.355 e. The van der Waals surface area contributed by atoms with Crippen LogP contribution in [0.3, 0.4) is 0 Å². The summed E-state index contributed by atoms with van der Waals surface area (Å²) in [6, 6.07) is 5.43. The summed E-state index contributed by atoms with van der Waals surface area (Å²) in [4.78, 5) is 11.5. The highest BCUT2D eigenvalue weighted by Gasteiger charge is 2.23. The molecule has 1 aliphatic heterocycles. The molecule has 0 atom stereocenters. The number of carbonyl (C=O) groups excluding carboxylic acids is 1. The zero-order valence-electron chi connectivity index (χ0n) is 9.30. The van der Waals surface area contributed by atoms with Gasteiger partial charge in [0.25, 0.3) is 0 Å². The van der Waals surface area contributed by atoms with E-state index in [0.29, 0.717) is 16.6 Å². The van der Waals surface area contributed by atoms with Gasteiger partial charge < -0.3 is 10.6 Å². The molecule has 0 radical (unpaired) electrons. The fourth-order valence-electron chi connectivity index (χ4n) is 1.70. The standard InChI is InChI=1S/C12H14Cl2N2O/c13-10-3-8(4-11(14)5-10)1-2-16-12(17)9-6-15-7-9/h3-5,9,15H,1-2,6-7H2,(H,16,17). The third kappa shape index (κ3) is 3.60. The van der Waals surface area contributed by atoms with Gasteiger partial charge in [0, 0.05) is 29.7 Å². The van der Waals surface area contributed by atoms with Crippen LogP contribution in [-0.4, -0.2) is 25.5 Å². The molecule has 1 fully saturated rings. The Morgan fingerprint density at radius 2 is 1.94 bits per heavy atom. The summed E-state index contributed by atoms with van der Waals surface area (Å²) in [5.74, 6) is 0.259. The number of benzene rings is 1. The van der Waals surface area contributed by atoms with E-state index in [4.69, 9.17) is 23.2 Å². The zero-order chi connectivity index (χ0) is 12.3. The maximum Gasteiger partial charge on any atom is 0.225 e. The Morgan fingerprint density at radius 3 is 2.47 bits per heavy atom. The molecule has 1 heterocycles. The molecular formula is C12H14Cl2N2O. The predicted molar refractivity (Wildman–Crippen MR) is 69.5 cm³/mol. The summed E-state index contributed by atoms with van der Waals surface area (Å²) in [5, 5.41) is 7.23. The predicted octanol–water partition coefficient (Wildman–Crippen LogP) is 1.87. The van der Waals surface area contributed by atoms with Gasteiger partial charge in [0.15, 0.2) is 0 Å². The number of halogens is 2. The van der Waals surface area contributed by atoms with Gasteiger partial charge in [-0.2, -0.15) is 0 Å². The lowest BCUT2D eigenvalue weighted by Gasteiger charge is -2.25. The molecule has 0 bridgehead atoms. The summed E-state index contributed by atoms with van der Waals surface area (Å²) < 4.78 is 0. The van der Waals surface area contributed by atoms with Crippen LogP contribution in [0.4, 0.5) is 0 Å². The van der Waals surface area contributed by atoms with Crippen LogP contribution in [0.15, 0.2) is 18.2 Å². The molecule has 1 aliphatic rings. The van der Waals surface area contributed by atoms with Gasteiger partial charge in [-0.05, 0) is 30.2 Å². The smallest absolute Gasteiger partial charge is 0.225 e. The number of amides is 1. The topological polar surface area (TPSA) is 41.1 Å². The Balaban J connectivity index is 1.79. The van der Waals surface area contributed by atoms with Gasteiger partial charge in [-0.3, -0.25) is 4.79 Å². The van der Waals surface area contributed by atoms with E-state index < -0.39 is 0 Å². The maximum atomic E-state index is 11.5. The molecule has 1 aromatic carbocycles. The quantitative estimate of drug-likeness (QED) is 0.879. The molecule has 17 heavy (non-hydrogen) atoms. The van der Waals surface area contributed by atoms with Gasteiger partial charge >= 0.3 is 0 Å². The average Bonchev–Trinajstić information content (AvgIpc) is 2.12. The summed E-state index contributed by atoms with van der Waals surface area (Å²) in [5.41, 5.74) is 1.04. The maximum absolute atomic E-state index is 11.5. The number of nitrogens with one attached hydrogen (secondary N) is 2. The van der Waals surface area contributed by atoms with Crippen LogP contribution in [0.25, 0.3) is 0 Å². The monoisotopic (exact) mass is 272 g/mol. The van der Waals surface area contributed by atoms with Gasteiger partial charge in [-0.1, -0.05) is 23.2 Å². The summed E-state index contributed by atoms with van der Waals surface area (Å²) in [6.45, 7) is 2.19. The normalized spacial score (nSPS) is 15.4. The van der Waals surface area contributed by atoms with Crippen molar-refractivity contribution in [2.24, 2.45) is 5.92 Å². The van der Waals surface area contributed by atoms with E-state index in [1.165, 1.54) is 0 Å². The highest BCUT2D eigenvalue weighted by atomic mass is 35.5. The van der Waals surface area contributed by atoms with Gasteiger partial charge in [0.05, 0.1) is 5.92 Å². The fourth-order valence-corrected chi connectivity index (χ4v) is 2.27. The molecule has 5 heteroatoms. The van der Waals surface area contributed by atoms with E-state index in [1.54, 1.807) is 6.07 Å². The molecule has 0 unspecified atom stereocenters. The number of hydrogen-bond donors (Lipinski definition) is 2. The van der Waals surface area contributed by atoms with E-state index >= 15 is 0 Å². The first-order valence-corrected chi connectivity index (χ1v) is 6.34. The number of hydrogen-bond acceptors (Lipinski definition) is 2. The molecule has 2 rings (SSSR count). The Morgan fingerprint density at radius 1 is 1.29 bits per heavy atom. The van der Waals surface area contributed by atoms with E-state index in [2.05, 4.69) is 10.6 Å². The Hall–Kier alpha value is -0.770. The third-order valence-electron chi connectivity index (χ3n) is 2.79. The van der Waals surface area contributed by atoms with E-state index in [9.17, 15) is 4.79 Å². The van der Waals surface area contributed by atoms with Gasteiger partial charge in [-0.15, -0.1) is 0 Å². The first kappa shape index (κ1) is 12.7. The lowest BCUT2D eigenvalue weighted by Crippen LogP contribution is -2.51. The molecule has 0 aromatic heterocycles. The van der Waals surface area contributed by atoms with Crippen molar-refractivity contribution in [2.75, 3.05) is 19.6 Å². The average molecular weight is 273 g/mol. The van der Waals surface area contributed by atoms with Crippen LogP contribution in [0, 0.1) is 5.92 Å². The Kier molecular flexibility index (Phi) is 4.26.